The van der Waals surface area contributed by atoms with Crippen LogP contribution in [0.3, 0.4) is 0 Å². The van der Waals surface area contributed by atoms with Crippen molar-refractivity contribution in [3.63, 3.8) is 0 Å². The average Bonchev–Trinajstić information content (AvgIpc) is 3.63. The number of fused-ring (bicyclic) bond motifs is 2. The Bertz CT molecular complexity index is 1900. The maximum absolute atomic E-state index is 11.5. The van der Waals surface area contributed by atoms with Gasteiger partial charge in [0.25, 0.3) is 0 Å². The van der Waals surface area contributed by atoms with E-state index in [1.54, 1.807) is 20.4 Å². The number of ether oxygens (including phenoxy) is 3. The minimum absolute atomic E-state index is 0.00930. The zero-order chi connectivity index (χ0) is 30.3. The van der Waals surface area contributed by atoms with Crippen LogP contribution in [0.15, 0.2) is 97.3 Å². The lowest BCUT2D eigenvalue weighted by molar-refractivity contribution is -0.140. The molecule has 43 heavy (non-hydrogen) atoms. The summed E-state index contributed by atoms with van der Waals surface area (Å²) in [6.07, 6.45) is 3.87. The van der Waals surface area contributed by atoms with Gasteiger partial charge in [-0.2, -0.15) is 0 Å². The lowest BCUT2D eigenvalue weighted by Crippen LogP contribution is -2.03. The van der Waals surface area contributed by atoms with Gasteiger partial charge in [0.2, 0.25) is 0 Å². The number of methoxy groups -OCH3 is 3. The Labute approximate surface area is 248 Å². The number of nitrogens with one attached hydrogen (secondary N) is 2. The van der Waals surface area contributed by atoms with E-state index in [-0.39, 0.29) is 18.8 Å². The first kappa shape index (κ1) is 29.0. The van der Waals surface area contributed by atoms with E-state index >= 15 is 0 Å². The van der Waals surface area contributed by atoms with Crippen molar-refractivity contribution in [2.45, 2.75) is 12.8 Å². The second-order valence-electron chi connectivity index (χ2n) is 9.87. The summed E-state index contributed by atoms with van der Waals surface area (Å²) >= 11 is 0. The van der Waals surface area contributed by atoms with E-state index in [1.165, 1.54) is 7.11 Å². The second-order valence-corrected chi connectivity index (χ2v) is 9.87. The molecule has 0 atom stereocenters. The minimum Gasteiger partial charge on any atom is -0.496 e. The van der Waals surface area contributed by atoms with Gasteiger partial charge >= 0.3 is 11.9 Å². The predicted molar refractivity (Wildman–Crippen MR) is 168 cm³/mol. The van der Waals surface area contributed by atoms with Crippen molar-refractivity contribution in [2.75, 3.05) is 21.3 Å². The van der Waals surface area contributed by atoms with Crippen molar-refractivity contribution >= 4 is 33.7 Å². The summed E-state index contributed by atoms with van der Waals surface area (Å²) in [6.45, 7) is 0. The molecular weight excluding hydrogens is 544 g/mol. The lowest BCUT2D eigenvalue weighted by atomic mass is 10.0. The van der Waals surface area contributed by atoms with Gasteiger partial charge < -0.3 is 29.3 Å². The maximum atomic E-state index is 11.5. The van der Waals surface area contributed by atoms with E-state index in [0.717, 1.165) is 66.7 Å². The maximum Gasteiger partial charge on any atom is 0.310 e. The van der Waals surface area contributed by atoms with Gasteiger partial charge in [-0.15, -0.1) is 0 Å². The Kier molecular flexibility index (Phi) is 8.77. The first-order valence-electron chi connectivity index (χ1n) is 13.7. The van der Waals surface area contributed by atoms with E-state index < -0.39 is 5.97 Å². The van der Waals surface area contributed by atoms with Gasteiger partial charge in [-0.1, -0.05) is 48.5 Å². The molecule has 2 aromatic heterocycles. The SMILES string of the molecule is COC(=O)Cc1c[nH]c2ccc(-c3ccccc3OC)cc12.COc1ccccc1-c1ccc2[nH]cc(CC(=O)O)c2c1. The van der Waals surface area contributed by atoms with E-state index in [4.69, 9.17) is 19.3 Å². The quantitative estimate of drug-likeness (QED) is 0.168. The zero-order valence-corrected chi connectivity index (χ0v) is 24.1. The Morgan fingerprint density at radius 1 is 0.651 bits per heavy atom. The lowest BCUT2D eigenvalue weighted by Gasteiger charge is -2.08. The molecule has 3 N–H and O–H groups in total. The van der Waals surface area contributed by atoms with Crippen LogP contribution in [0.4, 0.5) is 0 Å². The number of aromatic nitrogens is 2. The molecule has 0 amide bonds. The number of para-hydroxylation sites is 2. The van der Waals surface area contributed by atoms with Crippen LogP contribution in [0.2, 0.25) is 0 Å². The zero-order valence-electron chi connectivity index (χ0n) is 24.1. The number of aromatic amines is 2. The molecule has 0 aliphatic heterocycles. The highest BCUT2D eigenvalue weighted by atomic mass is 16.5. The highest BCUT2D eigenvalue weighted by molar-refractivity contribution is 5.92. The summed E-state index contributed by atoms with van der Waals surface area (Å²) in [5.74, 6) is 0.543. The molecule has 2 heterocycles. The van der Waals surface area contributed by atoms with Gasteiger partial charge in [-0.05, 0) is 58.7 Å². The van der Waals surface area contributed by atoms with Crippen LogP contribution >= 0.6 is 0 Å². The van der Waals surface area contributed by atoms with E-state index in [2.05, 4.69) is 16.0 Å². The Morgan fingerprint density at radius 3 is 1.56 bits per heavy atom. The number of hydrogen-bond acceptors (Lipinski definition) is 5. The van der Waals surface area contributed by atoms with Crippen molar-refractivity contribution in [3.8, 4) is 33.8 Å². The van der Waals surface area contributed by atoms with Gasteiger partial charge in [-0.25, -0.2) is 0 Å². The molecule has 4 aromatic carbocycles. The van der Waals surface area contributed by atoms with Crippen LogP contribution in [0, 0.1) is 0 Å². The minimum atomic E-state index is -0.835. The van der Waals surface area contributed by atoms with Gasteiger partial charge in [0.05, 0.1) is 34.2 Å². The molecule has 218 valence electrons. The molecule has 0 radical (unpaired) electrons. The summed E-state index contributed by atoms with van der Waals surface area (Å²) in [6, 6.07) is 27.7. The first-order chi connectivity index (χ1) is 20.9. The molecule has 8 heteroatoms. The van der Waals surface area contributed by atoms with Gasteiger partial charge in [0.15, 0.2) is 0 Å². The number of H-pyrrole nitrogens is 2. The van der Waals surface area contributed by atoms with Crippen molar-refractivity contribution in [2.24, 2.45) is 0 Å². The average molecular weight is 577 g/mol. The summed E-state index contributed by atoms with van der Waals surface area (Å²) in [7, 11) is 4.71. The Hall–Kier alpha value is -5.50. The normalized spacial score (nSPS) is 10.7. The van der Waals surface area contributed by atoms with E-state index in [1.807, 2.05) is 85.1 Å². The summed E-state index contributed by atoms with van der Waals surface area (Å²) in [5.41, 5.74) is 7.72. The van der Waals surface area contributed by atoms with Crippen molar-refractivity contribution in [1.29, 1.82) is 0 Å². The summed E-state index contributed by atoms with van der Waals surface area (Å²) in [4.78, 5) is 28.7. The molecular formula is C35H32N2O6. The second kappa shape index (κ2) is 13.0. The van der Waals surface area contributed by atoms with Crippen LogP contribution in [0.5, 0.6) is 11.5 Å². The molecule has 8 nitrogen and oxygen atoms in total. The predicted octanol–water partition coefficient (Wildman–Crippen LogP) is 7.03. The number of esters is 1. The van der Waals surface area contributed by atoms with Crippen molar-refractivity contribution in [1.82, 2.24) is 9.97 Å². The molecule has 0 saturated carbocycles. The van der Waals surface area contributed by atoms with Crippen molar-refractivity contribution < 1.29 is 28.9 Å². The monoisotopic (exact) mass is 576 g/mol. The van der Waals surface area contributed by atoms with Crippen LogP contribution < -0.4 is 9.47 Å². The molecule has 6 rings (SSSR count). The number of carboxylic acid groups (broad SMARTS) is 1. The van der Waals surface area contributed by atoms with Crippen LogP contribution in [0.1, 0.15) is 11.1 Å². The van der Waals surface area contributed by atoms with Gasteiger partial charge in [0.1, 0.15) is 11.5 Å². The smallest absolute Gasteiger partial charge is 0.310 e. The van der Waals surface area contributed by atoms with Crippen molar-refractivity contribution in [3.05, 3.63) is 108 Å². The standard InChI is InChI=1S/C18H17NO3.C17H15NO3/c1-21-17-6-4-3-5-14(17)12-7-8-16-15(9-12)13(11-19-16)10-18(20)22-2;1-21-16-5-3-2-4-13(16)11-6-7-15-14(8-11)12(10-18-15)9-17(19)20/h3-9,11,19H,10H2,1-2H3;2-8,10,18H,9H2,1H3,(H,19,20). The Balaban J connectivity index is 0.000000171. The fourth-order valence-electron chi connectivity index (χ4n) is 5.14. The molecule has 0 bridgehead atoms. The number of carbonyl (C=O) groups is 2. The number of carboxylic acids is 1. The van der Waals surface area contributed by atoms with Crippen LogP contribution in [0.25, 0.3) is 44.1 Å². The van der Waals surface area contributed by atoms with Crippen LogP contribution in [-0.4, -0.2) is 48.3 Å². The number of hydrogen-bond donors (Lipinski definition) is 3. The molecule has 0 spiro atoms. The molecule has 6 aromatic rings. The van der Waals surface area contributed by atoms with E-state index in [9.17, 15) is 9.59 Å². The largest absolute Gasteiger partial charge is 0.496 e. The highest BCUT2D eigenvalue weighted by Gasteiger charge is 2.13. The topological polar surface area (TPSA) is 114 Å². The number of rotatable bonds is 8. The van der Waals surface area contributed by atoms with Crippen LogP contribution in [-0.2, 0) is 27.2 Å². The Morgan fingerprint density at radius 2 is 1.12 bits per heavy atom. The number of aliphatic carboxylic acids is 1. The number of carbonyl (C=O) groups excluding carboxylic acids is 1. The van der Waals surface area contributed by atoms with Gasteiger partial charge in [-0.3, -0.25) is 9.59 Å². The molecule has 0 fully saturated rings. The highest BCUT2D eigenvalue weighted by Crippen LogP contribution is 2.34. The van der Waals surface area contributed by atoms with E-state index in [0.29, 0.717) is 0 Å². The summed E-state index contributed by atoms with van der Waals surface area (Å²) < 4.78 is 15.6. The fourth-order valence-corrected chi connectivity index (χ4v) is 5.14. The fraction of sp³-hybridized carbons (Fsp3) is 0.143. The third-order valence-electron chi connectivity index (χ3n) is 7.27. The summed E-state index contributed by atoms with van der Waals surface area (Å²) in [5, 5.41) is 10.9. The third kappa shape index (κ3) is 6.38. The first-order valence-corrected chi connectivity index (χ1v) is 13.7. The number of benzene rings is 4. The molecule has 0 unspecified atom stereocenters. The molecule has 0 aliphatic carbocycles. The molecule has 0 saturated heterocycles. The molecule has 0 aliphatic rings. The third-order valence-corrected chi connectivity index (χ3v) is 7.27. The van der Waals surface area contributed by atoms with Gasteiger partial charge in [0, 0.05) is 45.3 Å².